The van der Waals surface area contributed by atoms with Crippen LogP contribution < -0.4 is 15.5 Å². The molecule has 41 heavy (non-hydrogen) atoms. The summed E-state index contributed by atoms with van der Waals surface area (Å²) in [6.07, 6.45) is 8.81. The van der Waals surface area contributed by atoms with Gasteiger partial charge in [-0.3, -0.25) is 19.5 Å². The van der Waals surface area contributed by atoms with Crippen LogP contribution >= 0.6 is 11.6 Å². The minimum Gasteiger partial charge on any atom is -0.507 e. The van der Waals surface area contributed by atoms with E-state index in [4.69, 9.17) is 17.0 Å². The number of anilines is 1. The predicted octanol–water partition coefficient (Wildman–Crippen LogP) is 4.23. The van der Waals surface area contributed by atoms with E-state index in [-0.39, 0.29) is 39.9 Å². The number of amides is 2. The Morgan fingerprint density at radius 2 is 2.15 bits per heavy atom. The van der Waals surface area contributed by atoms with Gasteiger partial charge >= 0.3 is 0 Å². The summed E-state index contributed by atoms with van der Waals surface area (Å²) in [7, 11) is 1.58. The molecular formula is C29H35ClFN7O3. The van der Waals surface area contributed by atoms with Gasteiger partial charge in [-0.2, -0.15) is 0 Å². The van der Waals surface area contributed by atoms with Gasteiger partial charge in [0, 0.05) is 38.4 Å². The van der Waals surface area contributed by atoms with E-state index < -0.39 is 5.82 Å². The zero-order chi connectivity index (χ0) is 29.9. The van der Waals surface area contributed by atoms with Crippen molar-refractivity contribution in [1.29, 1.82) is 5.41 Å². The summed E-state index contributed by atoms with van der Waals surface area (Å²) in [5.41, 5.74) is 0.0506. The molecule has 1 fully saturated rings. The van der Waals surface area contributed by atoms with Gasteiger partial charge in [0.25, 0.3) is 0 Å². The molecule has 0 bridgehead atoms. The number of aromatic nitrogens is 1. The lowest BCUT2D eigenvalue weighted by Crippen LogP contribution is -2.46. The number of hydrogen-bond acceptors (Lipinski definition) is 7. The summed E-state index contributed by atoms with van der Waals surface area (Å²) in [4.78, 5) is 36.1. The lowest BCUT2D eigenvalue weighted by atomic mass is 9.93. The number of benzene rings is 1. The van der Waals surface area contributed by atoms with Crippen molar-refractivity contribution in [2.45, 2.75) is 44.7 Å². The number of allylic oxidation sites excluding steroid dienone is 1. The van der Waals surface area contributed by atoms with Crippen molar-refractivity contribution >= 4 is 42.3 Å². The van der Waals surface area contributed by atoms with E-state index in [1.54, 1.807) is 13.1 Å². The normalized spacial score (nSPS) is 14.4. The second kappa shape index (κ2) is 14.9. The number of nitrogens with zero attached hydrogens (tertiary/aromatic N) is 4. The van der Waals surface area contributed by atoms with Crippen molar-refractivity contribution in [2.75, 3.05) is 25.0 Å². The average molecular weight is 584 g/mol. The van der Waals surface area contributed by atoms with Gasteiger partial charge in [0.2, 0.25) is 12.8 Å². The van der Waals surface area contributed by atoms with Gasteiger partial charge in [-0.1, -0.05) is 23.7 Å². The number of amidine groups is 1. The standard InChI is InChI=1S/C29H35ClFN7O3/c1-4-5-14-37(19(2)16-34-17-39)28(33-3)21-15-22(30)27(26-23(31)10-7-11-24(26)41)36-29(21)38(18-40)25(12-13-32)35-20-8-6-9-20/h4,7,10-13,15,17-20,32,35,41H,1,5-6,8-9,14,16H2,2-3H3,(H,34,39)/b25-12+,32-13?,33-28+. The van der Waals surface area contributed by atoms with Crippen molar-refractivity contribution in [3.8, 4) is 17.0 Å². The largest absolute Gasteiger partial charge is 0.507 e. The molecule has 0 spiro atoms. The molecule has 0 aliphatic heterocycles. The third kappa shape index (κ3) is 7.29. The van der Waals surface area contributed by atoms with E-state index in [0.29, 0.717) is 49.6 Å². The van der Waals surface area contributed by atoms with E-state index in [1.165, 1.54) is 35.2 Å². The molecule has 0 saturated heterocycles. The Morgan fingerprint density at radius 3 is 2.71 bits per heavy atom. The fourth-order valence-corrected chi connectivity index (χ4v) is 4.75. The first-order valence-electron chi connectivity index (χ1n) is 13.2. The SMILES string of the molecule is C=CCCN(/C(=N/C)c1cc(Cl)c(-c2c(O)cccc2F)nc1N(C=O)/C(=C/C=N)NC1CCC1)C(C)CNC=O. The molecule has 1 aliphatic rings. The number of pyridine rings is 1. The summed E-state index contributed by atoms with van der Waals surface area (Å²) in [6.45, 7) is 6.48. The van der Waals surface area contributed by atoms with Crippen LogP contribution in [0.5, 0.6) is 5.75 Å². The van der Waals surface area contributed by atoms with Crippen LogP contribution in [0.2, 0.25) is 5.02 Å². The number of nitrogens with one attached hydrogen (secondary N) is 3. The first-order valence-corrected chi connectivity index (χ1v) is 13.6. The fraction of sp³-hybridized carbons (Fsp3) is 0.345. The maximum absolute atomic E-state index is 15.0. The number of aliphatic imine (C=N–C) groups is 1. The Kier molecular flexibility index (Phi) is 11.4. The van der Waals surface area contributed by atoms with Gasteiger partial charge in [0.05, 0.1) is 21.8 Å². The zero-order valence-electron chi connectivity index (χ0n) is 23.1. The molecule has 1 aliphatic carbocycles. The molecule has 1 aromatic carbocycles. The lowest BCUT2D eigenvalue weighted by Gasteiger charge is -2.35. The highest BCUT2D eigenvalue weighted by atomic mass is 35.5. The number of phenols is 1. The Hall–Kier alpha value is -4.25. The summed E-state index contributed by atoms with van der Waals surface area (Å²) in [5, 5.41) is 24.2. The summed E-state index contributed by atoms with van der Waals surface area (Å²) >= 11 is 6.70. The van der Waals surface area contributed by atoms with Crippen LogP contribution in [0.1, 0.15) is 38.2 Å². The second-order valence-corrected chi connectivity index (χ2v) is 9.89. The Bertz CT molecular complexity index is 1310. The Labute approximate surface area is 244 Å². The zero-order valence-corrected chi connectivity index (χ0v) is 23.9. The molecule has 12 heteroatoms. The monoisotopic (exact) mass is 583 g/mol. The third-order valence-electron chi connectivity index (χ3n) is 6.80. The van der Waals surface area contributed by atoms with E-state index in [0.717, 1.165) is 25.5 Å². The molecule has 4 N–H and O–H groups in total. The molecule has 1 unspecified atom stereocenters. The van der Waals surface area contributed by atoms with Crippen LogP contribution in [0.15, 0.2) is 53.8 Å². The molecule has 0 radical (unpaired) electrons. The van der Waals surface area contributed by atoms with Gasteiger partial charge in [-0.05, 0) is 56.9 Å². The summed E-state index contributed by atoms with van der Waals surface area (Å²) in [5.74, 6) is -0.358. The summed E-state index contributed by atoms with van der Waals surface area (Å²) < 4.78 is 15.0. The third-order valence-corrected chi connectivity index (χ3v) is 7.09. The Morgan fingerprint density at radius 1 is 1.39 bits per heavy atom. The molecule has 2 amide bonds. The molecule has 2 aromatic rings. The predicted molar refractivity (Wildman–Crippen MR) is 160 cm³/mol. The molecule has 1 aromatic heterocycles. The van der Waals surface area contributed by atoms with Crippen molar-refractivity contribution in [3.05, 3.63) is 65.2 Å². The summed E-state index contributed by atoms with van der Waals surface area (Å²) in [6, 6.07) is 5.24. The fourth-order valence-electron chi connectivity index (χ4n) is 4.51. The number of hydrogen-bond donors (Lipinski definition) is 4. The van der Waals surface area contributed by atoms with E-state index in [9.17, 15) is 19.1 Å². The molecule has 1 heterocycles. The first-order chi connectivity index (χ1) is 19.8. The van der Waals surface area contributed by atoms with Gasteiger partial charge in [-0.25, -0.2) is 9.37 Å². The topological polar surface area (TPSA) is 134 Å². The van der Waals surface area contributed by atoms with Gasteiger partial charge in [0.15, 0.2) is 5.82 Å². The minimum absolute atomic E-state index is 0.0167. The van der Waals surface area contributed by atoms with Crippen LogP contribution in [-0.2, 0) is 9.59 Å². The minimum atomic E-state index is -0.746. The number of aromatic hydroxyl groups is 1. The Balaban J connectivity index is 2.30. The van der Waals surface area contributed by atoms with Gasteiger partial charge in [-0.15, -0.1) is 6.58 Å². The van der Waals surface area contributed by atoms with Crippen LogP contribution in [0.25, 0.3) is 11.3 Å². The highest BCUT2D eigenvalue weighted by molar-refractivity contribution is 6.33. The van der Waals surface area contributed by atoms with Crippen LogP contribution in [0, 0.1) is 11.2 Å². The van der Waals surface area contributed by atoms with E-state index in [2.05, 4.69) is 27.2 Å². The molecule has 1 atom stereocenters. The lowest BCUT2D eigenvalue weighted by molar-refractivity contribution is -0.109. The molecular weight excluding hydrogens is 549 g/mol. The number of carbonyl (C=O) groups excluding carboxylic acids is 2. The first kappa shape index (κ1) is 31.3. The maximum Gasteiger partial charge on any atom is 0.221 e. The smallest absolute Gasteiger partial charge is 0.221 e. The van der Waals surface area contributed by atoms with Gasteiger partial charge < -0.3 is 26.0 Å². The molecule has 218 valence electrons. The van der Waals surface area contributed by atoms with Crippen molar-refractivity contribution in [3.63, 3.8) is 0 Å². The number of carbonyl (C=O) groups is 2. The van der Waals surface area contributed by atoms with Crippen molar-refractivity contribution in [2.24, 2.45) is 4.99 Å². The van der Waals surface area contributed by atoms with E-state index >= 15 is 0 Å². The van der Waals surface area contributed by atoms with Crippen molar-refractivity contribution < 1.29 is 19.1 Å². The average Bonchev–Trinajstić information content (AvgIpc) is 2.93. The number of rotatable bonds is 15. The number of phenolic OH excluding ortho intramolecular Hbond substituents is 1. The molecule has 10 nitrogen and oxygen atoms in total. The van der Waals surface area contributed by atoms with Crippen molar-refractivity contribution in [1.82, 2.24) is 20.5 Å². The molecule has 3 rings (SSSR count). The highest BCUT2D eigenvalue weighted by Crippen LogP contribution is 2.38. The second-order valence-electron chi connectivity index (χ2n) is 9.48. The van der Waals surface area contributed by atoms with Gasteiger partial charge in [0.1, 0.15) is 23.2 Å². The quantitative estimate of drug-likeness (QED) is 0.107. The van der Waals surface area contributed by atoms with Crippen LogP contribution in [0.3, 0.4) is 0 Å². The molecule has 1 saturated carbocycles. The highest BCUT2D eigenvalue weighted by Gasteiger charge is 2.30. The van der Waals surface area contributed by atoms with E-state index in [1.807, 2.05) is 11.8 Å². The maximum atomic E-state index is 15.0. The van der Waals surface area contributed by atoms with Crippen LogP contribution in [0.4, 0.5) is 10.2 Å². The van der Waals surface area contributed by atoms with Crippen LogP contribution in [-0.4, -0.2) is 72.1 Å². The number of halogens is 2.